The van der Waals surface area contributed by atoms with Crippen LogP contribution in [0.2, 0.25) is 5.02 Å². The maximum atomic E-state index is 16.0. The van der Waals surface area contributed by atoms with Crippen molar-refractivity contribution < 1.29 is 23.9 Å². The number of carbonyl (C=O) groups is 3. The van der Waals surface area contributed by atoms with Gasteiger partial charge in [0.05, 0.1) is 12.1 Å². The molecule has 3 aliphatic rings. The molecule has 2 aromatic rings. The molecule has 2 aromatic carbocycles. The molecule has 0 radical (unpaired) electrons. The van der Waals surface area contributed by atoms with Crippen molar-refractivity contribution in [2.45, 2.75) is 57.8 Å². The Morgan fingerprint density at radius 2 is 1.86 bits per heavy atom. The lowest BCUT2D eigenvalue weighted by Crippen LogP contribution is -2.55. The molecule has 2 saturated heterocycles. The highest BCUT2D eigenvalue weighted by molar-refractivity contribution is 6.30. The molecule has 3 heterocycles. The van der Waals surface area contributed by atoms with Crippen LogP contribution < -0.4 is 5.32 Å². The number of piperidine rings is 2. The van der Waals surface area contributed by atoms with E-state index in [1.807, 2.05) is 38.1 Å². The van der Waals surface area contributed by atoms with E-state index >= 15 is 4.39 Å². The molecule has 190 valence electrons. The van der Waals surface area contributed by atoms with Gasteiger partial charge < -0.3 is 10.0 Å². The van der Waals surface area contributed by atoms with Crippen LogP contribution in [0.4, 0.5) is 4.39 Å². The molecule has 0 bridgehead atoms. The molecular formula is C27H29ClFN3O4. The SMILES string of the molecule is CC1(C)CN(Cc2ccc(Cl)cc2)CC[C@]1(O)c1ccc2c(c1F)CN([C@H]1CCC(=O)NC1=O)C2=O. The van der Waals surface area contributed by atoms with E-state index in [1.165, 1.54) is 11.0 Å². The fourth-order valence-electron chi connectivity index (χ4n) is 5.83. The predicted molar refractivity (Wildman–Crippen MR) is 131 cm³/mol. The summed E-state index contributed by atoms with van der Waals surface area (Å²) < 4.78 is 16.0. The highest BCUT2D eigenvalue weighted by atomic mass is 35.5. The largest absolute Gasteiger partial charge is 0.384 e. The molecule has 36 heavy (non-hydrogen) atoms. The monoisotopic (exact) mass is 513 g/mol. The van der Waals surface area contributed by atoms with E-state index in [0.29, 0.717) is 31.1 Å². The molecule has 2 atom stereocenters. The number of rotatable bonds is 4. The summed E-state index contributed by atoms with van der Waals surface area (Å²) in [5.41, 5.74) is -0.448. The topological polar surface area (TPSA) is 89.9 Å². The van der Waals surface area contributed by atoms with E-state index in [-0.39, 0.29) is 42.0 Å². The van der Waals surface area contributed by atoms with Crippen LogP contribution in [0.1, 0.15) is 60.2 Å². The van der Waals surface area contributed by atoms with Gasteiger partial charge in [0.1, 0.15) is 11.9 Å². The van der Waals surface area contributed by atoms with Crippen molar-refractivity contribution in [2.75, 3.05) is 13.1 Å². The molecule has 0 unspecified atom stereocenters. The first-order valence-electron chi connectivity index (χ1n) is 12.2. The summed E-state index contributed by atoms with van der Waals surface area (Å²) in [6, 6.07) is 9.89. The van der Waals surface area contributed by atoms with Gasteiger partial charge in [-0.1, -0.05) is 43.6 Å². The first-order chi connectivity index (χ1) is 17.0. The number of imide groups is 1. The Labute approximate surface area is 214 Å². The molecule has 2 N–H and O–H groups in total. The van der Waals surface area contributed by atoms with Crippen LogP contribution in [-0.2, 0) is 28.3 Å². The zero-order chi connectivity index (χ0) is 25.8. The van der Waals surface area contributed by atoms with Gasteiger partial charge in [0.15, 0.2) is 0 Å². The third kappa shape index (κ3) is 4.11. The summed E-state index contributed by atoms with van der Waals surface area (Å²) in [6.45, 7) is 5.59. The van der Waals surface area contributed by atoms with Gasteiger partial charge in [-0.3, -0.25) is 24.6 Å². The number of amides is 3. The van der Waals surface area contributed by atoms with Crippen LogP contribution >= 0.6 is 11.6 Å². The number of halogens is 2. The molecular weight excluding hydrogens is 485 g/mol. The number of nitrogens with one attached hydrogen (secondary N) is 1. The van der Waals surface area contributed by atoms with Crippen molar-refractivity contribution in [3.05, 3.63) is 69.5 Å². The fourth-order valence-corrected chi connectivity index (χ4v) is 5.96. The van der Waals surface area contributed by atoms with Crippen molar-refractivity contribution in [2.24, 2.45) is 5.41 Å². The fraction of sp³-hybridized carbons (Fsp3) is 0.444. The van der Waals surface area contributed by atoms with Gasteiger partial charge in [-0.05, 0) is 36.6 Å². The number of carbonyl (C=O) groups excluding carboxylic acids is 3. The van der Waals surface area contributed by atoms with E-state index in [2.05, 4.69) is 10.2 Å². The van der Waals surface area contributed by atoms with Crippen LogP contribution in [0, 0.1) is 11.2 Å². The van der Waals surface area contributed by atoms with E-state index < -0.39 is 34.7 Å². The maximum absolute atomic E-state index is 16.0. The molecule has 3 aliphatic heterocycles. The standard InChI is InChI=1S/C27H29ClFN3O4/c1-26(2)15-31(13-16-3-5-17(28)6-4-16)12-11-27(26,36)20-8-7-18-19(23(20)29)14-32(25(18)35)21-9-10-22(33)30-24(21)34/h3-8,21,36H,9-15H2,1-2H3,(H,30,33,34)/t21-,27-/m0/s1. The molecule has 5 rings (SSSR count). The first-order valence-corrected chi connectivity index (χ1v) is 12.5. The second-order valence-corrected chi connectivity index (χ2v) is 11.1. The zero-order valence-corrected chi connectivity index (χ0v) is 21.1. The minimum absolute atomic E-state index is 0.0701. The van der Waals surface area contributed by atoms with Gasteiger partial charge in [-0.15, -0.1) is 0 Å². The first kappa shape index (κ1) is 24.9. The summed E-state index contributed by atoms with van der Waals surface area (Å²) in [5, 5.41) is 14.8. The Bertz CT molecular complexity index is 1250. The quantitative estimate of drug-likeness (QED) is 0.612. The number of fused-ring (bicyclic) bond motifs is 1. The third-order valence-electron chi connectivity index (χ3n) is 7.94. The third-order valence-corrected chi connectivity index (χ3v) is 8.19. The average molecular weight is 514 g/mol. The smallest absolute Gasteiger partial charge is 0.255 e. The zero-order valence-electron chi connectivity index (χ0n) is 20.3. The Hall–Kier alpha value is -2.81. The normalized spacial score (nSPS) is 26.2. The van der Waals surface area contributed by atoms with Gasteiger partial charge in [0.25, 0.3) is 5.91 Å². The molecule has 0 aromatic heterocycles. The molecule has 9 heteroatoms. The Morgan fingerprint density at radius 1 is 1.14 bits per heavy atom. The van der Waals surface area contributed by atoms with Crippen molar-refractivity contribution in [1.82, 2.24) is 15.1 Å². The molecule has 2 fully saturated rings. The van der Waals surface area contributed by atoms with Crippen LogP contribution in [0.3, 0.4) is 0 Å². The van der Waals surface area contributed by atoms with Crippen molar-refractivity contribution in [1.29, 1.82) is 0 Å². The minimum Gasteiger partial charge on any atom is -0.384 e. The van der Waals surface area contributed by atoms with Gasteiger partial charge in [-0.2, -0.15) is 0 Å². The summed E-state index contributed by atoms with van der Waals surface area (Å²) in [5.74, 6) is -1.95. The highest BCUT2D eigenvalue weighted by Gasteiger charge is 2.51. The van der Waals surface area contributed by atoms with Gasteiger partial charge in [0.2, 0.25) is 11.8 Å². The van der Waals surface area contributed by atoms with Gasteiger partial charge in [0, 0.05) is 53.2 Å². The molecule has 7 nitrogen and oxygen atoms in total. The average Bonchev–Trinajstić information content (AvgIpc) is 3.15. The molecule has 3 amide bonds. The molecule has 0 saturated carbocycles. The second-order valence-electron chi connectivity index (χ2n) is 10.7. The lowest BCUT2D eigenvalue weighted by Gasteiger charge is -2.50. The van der Waals surface area contributed by atoms with Crippen molar-refractivity contribution in [3.63, 3.8) is 0 Å². The number of benzene rings is 2. The van der Waals surface area contributed by atoms with Crippen LogP contribution in [0.25, 0.3) is 0 Å². The summed E-state index contributed by atoms with van der Waals surface area (Å²) in [7, 11) is 0. The lowest BCUT2D eigenvalue weighted by atomic mass is 9.66. The number of hydrogen-bond acceptors (Lipinski definition) is 5. The molecule has 0 aliphatic carbocycles. The molecule has 0 spiro atoms. The summed E-state index contributed by atoms with van der Waals surface area (Å²) in [4.78, 5) is 40.4. The lowest BCUT2D eigenvalue weighted by molar-refractivity contribution is -0.137. The summed E-state index contributed by atoms with van der Waals surface area (Å²) >= 11 is 6.00. The maximum Gasteiger partial charge on any atom is 0.255 e. The minimum atomic E-state index is -1.44. The van der Waals surface area contributed by atoms with E-state index in [4.69, 9.17) is 11.6 Å². The van der Waals surface area contributed by atoms with Crippen molar-refractivity contribution in [3.8, 4) is 0 Å². The highest BCUT2D eigenvalue weighted by Crippen LogP contribution is 2.48. The number of nitrogens with zero attached hydrogens (tertiary/aromatic N) is 2. The Morgan fingerprint density at radius 3 is 2.53 bits per heavy atom. The van der Waals surface area contributed by atoms with E-state index in [1.54, 1.807) is 6.07 Å². The van der Waals surface area contributed by atoms with Crippen molar-refractivity contribution >= 4 is 29.3 Å². The van der Waals surface area contributed by atoms with Crippen LogP contribution in [-0.4, -0.2) is 51.8 Å². The Kier molecular flexibility index (Phi) is 6.17. The van der Waals surface area contributed by atoms with E-state index in [0.717, 1.165) is 5.56 Å². The number of aliphatic hydroxyl groups is 1. The Balaban J connectivity index is 1.38. The van der Waals surface area contributed by atoms with E-state index in [9.17, 15) is 19.5 Å². The predicted octanol–water partition coefficient (Wildman–Crippen LogP) is 3.36. The van der Waals surface area contributed by atoms with Crippen LogP contribution in [0.15, 0.2) is 36.4 Å². The van der Waals surface area contributed by atoms with Gasteiger partial charge in [-0.25, -0.2) is 4.39 Å². The van der Waals surface area contributed by atoms with Crippen LogP contribution in [0.5, 0.6) is 0 Å². The number of likely N-dealkylation sites (tertiary alicyclic amines) is 1. The van der Waals surface area contributed by atoms with Gasteiger partial charge >= 0.3 is 0 Å². The summed E-state index contributed by atoms with van der Waals surface area (Å²) in [6.07, 6.45) is 0.665. The number of hydrogen-bond donors (Lipinski definition) is 2. The second kappa shape index (κ2) is 8.94.